The third kappa shape index (κ3) is 2.62. The maximum Gasteiger partial charge on any atom is 0.416 e. The Morgan fingerprint density at radius 2 is 1.77 bits per heavy atom. The first-order valence-corrected chi connectivity index (χ1v) is 6.71. The first kappa shape index (κ1) is 14.4. The lowest BCUT2D eigenvalue weighted by Gasteiger charge is -2.20. The van der Waals surface area contributed by atoms with E-state index in [9.17, 15) is 18.0 Å². The van der Waals surface area contributed by atoms with E-state index in [1.165, 1.54) is 17.0 Å². The molecule has 3 rings (SSSR count). The average molecular weight is 303 g/mol. The number of alkyl halides is 3. The quantitative estimate of drug-likeness (QED) is 0.811. The van der Waals surface area contributed by atoms with Crippen molar-refractivity contribution in [3.63, 3.8) is 0 Å². The van der Waals surface area contributed by atoms with Crippen LogP contribution >= 0.6 is 0 Å². The minimum Gasteiger partial charge on any atom is -0.304 e. The zero-order valence-corrected chi connectivity index (χ0v) is 11.5. The molecule has 0 bridgehead atoms. The van der Waals surface area contributed by atoms with E-state index in [-0.39, 0.29) is 5.91 Å². The number of hydrogen-bond donors (Lipinski definition) is 0. The lowest BCUT2D eigenvalue weighted by atomic mass is 10.0. The highest BCUT2D eigenvalue weighted by molar-refractivity contribution is 6.06. The number of anilines is 1. The topological polar surface area (TPSA) is 20.3 Å². The summed E-state index contributed by atoms with van der Waals surface area (Å²) in [5, 5.41) is 0. The number of rotatable bonds is 2. The number of hydrogen-bond acceptors (Lipinski definition) is 1. The third-order valence-corrected chi connectivity index (χ3v) is 3.51. The van der Waals surface area contributed by atoms with E-state index in [0.29, 0.717) is 23.4 Å². The molecule has 5 heteroatoms. The van der Waals surface area contributed by atoms with E-state index >= 15 is 0 Å². The van der Waals surface area contributed by atoms with Gasteiger partial charge in [0, 0.05) is 18.2 Å². The Kier molecular flexibility index (Phi) is 3.48. The van der Waals surface area contributed by atoms with Gasteiger partial charge in [0.1, 0.15) is 0 Å². The Labute approximate surface area is 125 Å². The summed E-state index contributed by atoms with van der Waals surface area (Å²) in [4.78, 5) is 13.4. The molecule has 0 saturated carbocycles. The first-order valence-electron chi connectivity index (χ1n) is 6.71. The molecule has 0 atom stereocenters. The Morgan fingerprint density at radius 3 is 2.45 bits per heavy atom. The van der Waals surface area contributed by atoms with E-state index in [4.69, 9.17) is 0 Å². The fraction of sp³-hybridized carbons (Fsp3) is 0.118. The van der Waals surface area contributed by atoms with E-state index in [0.717, 1.165) is 12.1 Å². The fourth-order valence-corrected chi connectivity index (χ4v) is 2.47. The molecule has 0 spiro atoms. The van der Waals surface area contributed by atoms with Crippen LogP contribution in [-0.4, -0.2) is 12.5 Å². The summed E-state index contributed by atoms with van der Waals surface area (Å²) in [5.41, 5.74) is 0.943. The number of halogens is 3. The van der Waals surface area contributed by atoms with Gasteiger partial charge in [0.15, 0.2) is 0 Å². The minimum atomic E-state index is -4.39. The standard InChI is InChI=1S/C17H12F3NO/c18-17(19,20)13-6-3-5-12(11-13)14-7-1-2-8-15(14)21-10-4-9-16(21)22/h1-9,11H,10H2. The highest BCUT2D eigenvalue weighted by Crippen LogP contribution is 2.36. The van der Waals surface area contributed by atoms with E-state index < -0.39 is 11.7 Å². The highest BCUT2D eigenvalue weighted by Gasteiger charge is 2.30. The molecule has 2 aromatic rings. The van der Waals surface area contributed by atoms with Crippen LogP contribution in [0.2, 0.25) is 0 Å². The second kappa shape index (κ2) is 5.33. The van der Waals surface area contributed by atoms with Crippen molar-refractivity contribution in [2.45, 2.75) is 6.18 Å². The number of benzene rings is 2. The van der Waals surface area contributed by atoms with Crippen LogP contribution in [0, 0.1) is 0 Å². The molecule has 0 saturated heterocycles. The van der Waals surface area contributed by atoms with Gasteiger partial charge in [-0.25, -0.2) is 0 Å². The summed E-state index contributed by atoms with van der Waals surface area (Å²) in [6.45, 7) is 0.425. The van der Waals surface area contributed by atoms with Crippen molar-refractivity contribution >= 4 is 11.6 Å². The van der Waals surface area contributed by atoms with Crippen molar-refractivity contribution in [3.8, 4) is 11.1 Å². The lowest BCUT2D eigenvalue weighted by molar-refractivity contribution is -0.137. The number of amides is 1. The van der Waals surface area contributed by atoms with Crippen molar-refractivity contribution in [1.82, 2.24) is 0 Å². The molecule has 0 unspecified atom stereocenters. The summed E-state index contributed by atoms with van der Waals surface area (Å²) in [6.07, 6.45) is -1.20. The molecule has 1 aliphatic heterocycles. The third-order valence-electron chi connectivity index (χ3n) is 3.51. The van der Waals surface area contributed by atoms with Crippen LogP contribution < -0.4 is 4.90 Å². The molecule has 2 nitrogen and oxygen atoms in total. The molecule has 2 aromatic carbocycles. The molecule has 22 heavy (non-hydrogen) atoms. The molecule has 0 radical (unpaired) electrons. The van der Waals surface area contributed by atoms with Gasteiger partial charge in [0.25, 0.3) is 5.91 Å². The van der Waals surface area contributed by atoms with Crippen LogP contribution in [0.1, 0.15) is 5.56 Å². The molecule has 0 fully saturated rings. The number of carbonyl (C=O) groups excluding carboxylic acids is 1. The SMILES string of the molecule is O=C1C=CCN1c1ccccc1-c1cccc(C(F)(F)F)c1. The predicted molar refractivity (Wildman–Crippen MR) is 78.4 cm³/mol. The molecule has 1 amide bonds. The number of nitrogens with zero attached hydrogens (tertiary/aromatic N) is 1. The smallest absolute Gasteiger partial charge is 0.304 e. The molecule has 0 N–H and O–H groups in total. The second-order valence-electron chi connectivity index (χ2n) is 4.95. The van der Waals surface area contributed by atoms with Crippen LogP contribution in [0.5, 0.6) is 0 Å². The number of para-hydroxylation sites is 1. The normalized spacial score (nSPS) is 14.7. The van der Waals surface area contributed by atoms with Gasteiger partial charge < -0.3 is 4.90 Å². The van der Waals surface area contributed by atoms with Gasteiger partial charge in [0.2, 0.25) is 0 Å². The predicted octanol–water partition coefficient (Wildman–Crippen LogP) is 4.28. The van der Waals surface area contributed by atoms with Gasteiger partial charge in [-0.1, -0.05) is 36.4 Å². The van der Waals surface area contributed by atoms with Crippen LogP contribution in [0.4, 0.5) is 18.9 Å². The summed E-state index contributed by atoms with van der Waals surface area (Å²) in [7, 11) is 0. The lowest BCUT2D eigenvalue weighted by Crippen LogP contribution is -2.25. The summed E-state index contributed by atoms with van der Waals surface area (Å²) in [6, 6.07) is 12.1. The average Bonchev–Trinajstić information content (AvgIpc) is 2.92. The Morgan fingerprint density at radius 1 is 1.00 bits per heavy atom. The van der Waals surface area contributed by atoms with Crippen molar-refractivity contribution in [2.24, 2.45) is 0 Å². The van der Waals surface area contributed by atoms with Gasteiger partial charge in [-0.3, -0.25) is 4.79 Å². The van der Waals surface area contributed by atoms with E-state index in [2.05, 4.69) is 0 Å². The zero-order valence-electron chi connectivity index (χ0n) is 11.5. The van der Waals surface area contributed by atoms with Crippen molar-refractivity contribution in [1.29, 1.82) is 0 Å². The summed E-state index contributed by atoms with van der Waals surface area (Å²) < 4.78 is 38.6. The van der Waals surface area contributed by atoms with Crippen LogP contribution in [0.15, 0.2) is 60.7 Å². The molecular formula is C17H12F3NO. The van der Waals surface area contributed by atoms with Gasteiger partial charge in [-0.15, -0.1) is 0 Å². The van der Waals surface area contributed by atoms with Gasteiger partial charge in [0.05, 0.1) is 11.3 Å². The van der Waals surface area contributed by atoms with E-state index in [1.807, 2.05) is 0 Å². The zero-order chi connectivity index (χ0) is 15.7. The number of carbonyl (C=O) groups is 1. The molecular weight excluding hydrogens is 291 g/mol. The largest absolute Gasteiger partial charge is 0.416 e. The summed E-state index contributed by atoms with van der Waals surface area (Å²) in [5.74, 6) is -0.167. The highest BCUT2D eigenvalue weighted by atomic mass is 19.4. The van der Waals surface area contributed by atoms with Crippen molar-refractivity contribution < 1.29 is 18.0 Å². The van der Waals surface area contributed by atoms with Crippen LogP contribution in [-0.2, 0) is 11.0 Å². The fourth-order valence-electron chi connectivity index (χ4n) is 2.47. The second-order valence-corrected chi connectivity index (χ2v) is 4.95. The Bertz CT molecular complexity index is 750. The van der Waals surface area contributed by atoms with E-state index in [1.54, 1.807) is 36.4 Å². The molecule has 0 aliphatic carbocycles. The van der Waals surface area contributed by atoms with Crippen molar-refractivity contribution in [3.05, 3.63) is 66.2 Å². The Balaban J connectivity index is 2.08. The molecule has 1 heterocycles. The van der Waals surface area contributed by atoms with Gasteiger partial charge >= 0.3 is 6.18 Å². The minimum absolute atomic E-state index is 0.167. The van der Waals surface area contributed by atoms with Gasteiger partial charge in [-0.05, 0) is 23.8 Å². The first-order chi connectivity index (χ1) is 10.5. The maximum atomic E-state index is 12.9. The molecule has 112 valence electrons. The monoisotopic (exact) mass is 303 g/mol. The maximum absolute atomic E-state index is 12.9. The van der Waals surface area contributed by atoms with Crippen LogP contribution in [0.3, 0.4) is 0 Å². The van der Waals surface area contributed by atoms with Crippen LogP contribution in [0.25, 0.3) is 11.1 Å². The Hall–Kier alpha value is -2.56. The van der Waals surface area contributed by atoms with Crippen molar-refractivity contribution in [2.75, 3.05) is 11.4 Å². The molecule has 0 aromatic heterocycles. The summed E-state index contributed by atoms with van der Waals surface area (Å²) >= 11 is 0. The molecule has 1 aliphatic rings. The van der Waals surface area contributed by atoms with Gasteiger partial charge in [-0.2, -0.15) is 13.2 Å².